The van der Waals surface area contributed by atoms with E-state index >= 15 is 0 Å². The summed E-state index contributed by atoms with van der Waals surface area (Å²) in [7, 11) is 0. The number of nitrogens with one attached hydrogen (secondary N) is 1. The molecule has 0 aromatic heterocycles. The van der Waals surface area contributed by atoms with Crippen LogP contribution in [0, 0.1) is 0 Å². The van der Waals surface area contributed by atoms with Crippen LogP contribution in [0.25, 0.3) is 0 Å². The Kier molecular flexibility index (Phi) is 4.98. The Labute approximate surface area is 119 Å². The predicted molar refractivity (Wildman–Crippen MR) is 79.4 cm³/mol. The third-order valence-electron chi connectivity index (χ3n) is 3.09. The fourth-order valence-electron chi connectivity index (χ4n) is 1.95. The van der Waals surface area contributed by atoms with Gasteiger partial charge in [-0.05, 0) is 36.6 Å². The highest BCUT2D eigenvalue weighted by molar-refractivity contribution is 5.42. The van der Waals surface area contributed by atoms with Crippen molar-refractivity contribution in [1.82, 2.24) is 5.43 Å². The van der Waals surface area contributed by atoms with Gasteiger partial charge in [0.05, 0.1) is 0 Å². The van der Waals surface area contributed by atoms with Crippen molar-refractivity contribution in [3.05, 3.63) is 59.7 Å². The first-order valence-electron chi connectivity index (χ1n) is 6.64. The molecule has 0 heterocycles. The molecule has 2 aromatic carbocycles. The lowest BCUT2D eigenvalue weighted by atomic mass is 10.1. The first-order valence-corrected chi connectivity index (χ1v) is 6.64. The number of benzene rings is 2. The zero-order valence-electron chi connectivity index (χ0n) is 11.5. The van der Waals surface area contributed by atoms with Gasteiger partial charge < -0.3 is 9.84 Å². The maximum absolute atomic E-state index is 9.84. The first kappa shape index (κ1) is 14.4. The Morgan fingerprint density at radius 2 is 1.90 bits per heavy atom. The van der Waals surface area contributed by atoms with Gasteiger partial charge in [-0.1, -0.05) is 36.4 Å². The van der Waals surface area contributed by atoms with Crippen LogP contribution in [0.4, 0.5) is 0 Å². The molecule has 0 amide bonds. The van der Waals surface area contributed by atoms with Gasteiger partial charge in [-0.25, -0.2) is 0 Å². The number of phenols is 1. The summed E-state index contributed by atoms with van der Waals surface area (Å²) < 4.78 is 5.68. The fraction of sp³-hybridized carbons (Fsp3) is 0.250. The van der Waals surface area contributed by atoms with Crippen molar-refractivity contribution in [2.45, 2.75) is 26.0 Å². The maximum atomic E-state index is 9.84. The lowest BCUT2D eigenvalue weighted by molar-refractivity contribution is 0.288. The van der Waals surface area contributed by atoms with Gasteiger partial charge in [0.25, 0.3) is 0 Å². The molecule has 4 N–H and O–H groups in total. The summed E-state index contributed by atoms with van der Waals surface area (Å²) in [6.07, 6.45) is 0.776. The van der Waals surface area contributed by atoms with Crippen LogP contribution in [0.15, 0.2) is 48.5 Å². The lowest BCUT2D eigenvalue weighted by Crippen LogP contribution is -2.34. The van der Waals surface area contributed by atoms with Crippen LogP contribution in [0.3, 0.4) is 0 Å². The third kappa shape index (κ3) is 3.98. The molecule has 20 heavy (non-hydrogen) atoms. The van der Waals surface area contributed by atoms with Gasteiger partial charge in [-0.2, -0.15) is 0 Å². The summed E-state index contributed by atoms with van der Waals surface area (Å²) in [6, 6.07) is 15.4. The van der Waals surface area contributed by atoms with Crippen molar-refractivity contribution >= 4 is 0 Å². The van der Waals surface area contributed by atoms with E-state index < -0.39 is 0 Å². The van der Waals surface area contributed by atoms with Crippen molar-refractivity contribution < 1.29 is 9.84 Å². The molecule has 0 saturated heterocycles. The molecule has 0 bridgehead atoms. The minimum Gasteiger partial charge on any atom is -0.504 e. The standard InChI is InChI=1S/C16H20N2O2/c1-12(18-17)9-14-7-8-15(19)16(10-14)20-11-13-5-3-2-4-6-13/h2-8,10,12,18-19H,9,11,17H2,1H3. The number of phenolic OH excluding ortho intramolecular Hbond substituents is 1. The number of aromatic hydroxyl groups is 1. The summed E-state index contributed by atoms with van der Waals surface area (Å²) >= 11 is 0. The van der Waals surface area contributed by atoms with E-state index in [4.69, 9.17) is 10.6 Å². The van der Waals surface area contributed by atoms with E-state index in [-0.39, 0.29) is 11.8 Å². The second-order valence-corrected chi connectivity index (χ2v) is 4.85. The number of hydrogen-bond acceptors (Lipinski definition) is 4. The van der Waals surface area contributed by atoms with Crippen molar-refractivity contribution in [1.29, 1.82) is 0 Å². The van der Waals surface area contributed by atoms with Crippen molar-refractivity contribution in [2.24, 2.45) is 5.84 Å². The van der Waals surface area contributed by atoms with E-state index in [1.165, 1.54) is 0 Å². The molecule has 0 fully saturated rings. The number of ether oxygens (including phenoxy) is 1. The minimum absolute atomic E-state index is 0.151. The van der Waals surface area contributed by atoms with E-state index in [0.717, 1.165) is 17.5 Å². The zero-order chi connectivity index (χ0) is 14.4. The zero-order valence-corrected chi connectivity index (χ0v) is 11.5. The van der Waals surface area contributed by atoms with Crippen LogP contribution >= 0.6 is 0 Å². The molecular weight excluding hydrogens is 252 g/mol. The predicted octanol–water partition coefficient (Wildman–Crippen LogP) is 2.37. The summed E-state index contributed by atoms with van der Waals surface area (Å²) in [5.41, 5.74) is 4.83. The van der Waals surface area contributed by atoms with Crippen LogP contribution in [0.1, 0.15) is 18.1 Å². The minimum atomic E-state index is 0.151. The van der Waals surface area contributed by atoms with Crippen LogP contribution < -0.4 is 16.0 Å². The quantitative estimate of drug-likeness (QED) is 0.558. The van der Waals surface area contributed by atoms with E-state index in [1.54, 1.807) is 6.07 Å². The van der Waals surface area contributed by atoms with Gasteiger partial charge in [0.1, 0.15) is 6.61 Å². The molecule has 0 radical (unpaired) electrons. The number of nitrogens with two attached hydrogens (primary N) is 1. The Balaban J connectivity index is 2.05. The van der Waals surface area contributed by atoms with Crippen LogP contribution in [0.5, 0.6) is 11.5 Å². The highest BCUT2D eigenvalue weighted by atomic mass is 16.5. The van der Waals surface area contributed by atoms with Crippen LogP contribution in [-0.2, 0) is 13.0 Å². The number of rotatable bonds is 6. The molecule has 0 spiro atoms. The molecule has 4 nitrogen and oxygen atoms in total. The highest BCUT2D eigenvalue weighted by Gasteiger charge is 2.07. The van der Waals surface area contributed by atoms with Gasteiger partial charge in [-0.3, -0.25) is 11.3 Å². The lowest BCUT2D eigenvalue weighted by Gasteiger charge is -2.13. The van der Waals surface area contributed by atoms with E-state index in [2.05, 4.69) is 5.43 Å². The Hall–Kier alpha value is -2.04. The normalized spacial score (nSPS) is 12.1. The average Bonchev–Trinajstić information content (AvgIpc) is 2.48. The number of hydrogen-bond donors (Lipinski definition) is 3. The second-order valence-electron chi connectivity index (χ2n) is 4.85. The molecule has 2 rings (SSSR count). The van der Waals surface area contributed by atoms with Crippen molar-refractivity contribution in [3.63, 3.8) is 0 Å². The molecule has 1 atom stereocenters. The largest absolute Gasteiger partial charge is 0.504 e. The topological polar surface area (TPSA) is 67.5 Å². The Bertz CT molecular complexity index is 543. The first-order chi connectivity index (χ1) is 9.69. The van der Waals surface area contributed by atoms with Gasteiger partial charge >= 0.3 is 0 Å². The van der Waals surface area contributed by atoms with E-state index in [1.807, 2.05) is 49.4 Å². The highest BCUT2D eigenvalue weighted by Crippen LogP contribution is 2.28. The molecule has 106 valence electrons. The van der Waals surface area contributed by atoms with Crippen molar-refractivity contribution in [2.75, 3.05) is 0 Å². The molecule has 4 heteroatoms. The SMILES string of the molecule is CC(Cc1ccc(O)c(OCc2ccccc2)c1)NN. The van der Waals surface area contributed by atoms with E-state index in [0.29, 0.717) is 12.4 Å². The fourth-order valence-corrected chi connectivity index (χ4v) is 1.95. The van der Waals surface area contributed by atoms with Gasteiger partial charge in [0, 0.05) is 6.04 Å². The molecule has 1 unspecified atom stereocenters. The van der Waals surface area contributed by atoms with E-state index in [9.17, 15) is 5.11 Å². The Morgan fingerprint density at radius 3 is 2.60 bits per heavy atom. The molecule has 0 saturated carbocycles. The monoisotopic (exact) mass is 272 g/mol. The molecule has 0 aliphatic carbocycles. The summed E-state index contributed by atoms with van der Waals surface area (Å²) in [5, 5.41) is 9.84. The summed E-state index contributed by atoms with van der Waals surface area (Å²) in [5.74, 6) is 6.04. The molecule has 2 aromatic rings. The number of hydrazine groups is 1. The van der Waals surface area contributed by atoms with Crippen LogP contribution in [-0.4, -0.2) is 11.1 Å². The average molecular weight is 272 g/mol. The van der Waals surface area contributed by atoms with Gasteiger partial charge in [0.2, 0.25) is 0 Å². The molecule has 0 aliphatic heterocycles. The van der Waals surface area contributed by atoms with Crippen molar-refractivity contribution in [3.8, 4) is 11.5 Å². The van der Waals surface area contributed by atoms with Gasteiger partial charge in [0.15, 0.2) is 11.5 Å². The summed E-state index contributed by atoms with van der Waals surface area (Å²) in [4.78, 5) is 0. The molecule has 0 aliphatic rings. The summed E-state index contributed by atoms with van der Waals surface area (Å²) in [6.45, 7) is 2.43. The maximum Gasteiger partial charge on any atom is 0.161 e. The molecular formula is C16H20N2O2. The van der Waals surface area contributed by atoms with Gasteiger partial charge in [-0.15, -0.1) is 0 Å². The Morgan fingerprint density at radius 1 is 1.15 bits per heavy atom. The third-order valence-corrected chi connectivity index (χ3v) is 3.09. The second kappa shape index (κ2) is 6.93. The van der Waals surface area contributed by atoms with Crippen LogP contribution in [0.2, 0.25) is 0 Å². The smallest absolute Gasteiger partial charge is 0.161 e.